The number of aromatic amines is 1. The van der Waals surface area contributed by atoms with Gasteiger partial charge in [0, 0.05) is 42.8 Å². The molecule has 1 fully saturated rings. The van der Waals surface area contributed by atoms with Crippen molar-refractivity contribution in [1.29, 1.82) is 0 Å². The summed E-state index contributed by atoms with van der Waals surface area (Å²) in [7, 11) is 2.02. The van der Waals surface area contributed by atoms with Crippen molar-refractivity contribution in [3.8, 4) is 0 Å². The number of nitrogens with zero attached hydrogens (tertiary/aromatic N) is 2. The molecular weight excluding hydrogens is 248 g/mol. The fraction of sp³-hybridized carbons (Fsp3) is 0.562. The molecule has 0 aromatic carbocycles. The van der Waals surface area contributed by atoms with Crippen LogP contribution in [-0.2, 0) is 0 Å². The van der Waals surface area contributed by atoms with E-state index in [1.165, 1.54) is 6.42 Å². The lowest BCUT2D eigenvalue weighted by Crippen LogP contribution is -2.28. The van der Waals surface area contributed by atoms with Gasteiger partial charge in [-0.1, -0.05) is 20.4 Å². The predicted octanol–water partition coefficient (Wildman–Crippen LogP) is 3.03. The molecule has 1 aliphatic rings. The predicted molar refractivity (Wildman–Crippen MR) is 86.5 cm³/mol. The number of hydrogen-bond donors (Lipinski definition) is 2. The summed E-state index contributed by atoms with van der Waals surface area (Å²) in [6.45, 7) is 10.7. The van der Waals surface area contributed by atoms with Crippen LogP contribution < -0.4 is 5.32 Å². The molecule has 2 unspecified atom stereocenters. The Kier molecular flexibility index (Phi) is 5.01. The molecule has 1 aliphatic heterocycles. The van der Waals surface area contributed by atoms with Gasteiger partial charge in [0.1, 0.15) is 5.82 Å². The van der Waals surface area contributed by atoms with Crippen molar-refractivity contribution in [2.45, 2.75) is 32.7 Å². The normalized spacial score (nSPS) is 20.8. The molecular formula is C16H26N4. The van der Waals surface area contributed by atoms with Crippen molar-refractivity contribution in [3.63, 3.8) is 0 Å². The number of nitrogens with one attached hydrogen (secondary N) is 2. The highest BCUT2D eigenvalue weighted by Crippen LogP contribution is 2.29. The SMILES string of the molecule is C=C(c1cc[nH]c1N=CC(C)CC)N1CCC(NC)C1. The van der Waals surface area contributed by atoms with E-state index in [1.54, 1.807) is 0 Å². The first-order valence-corrected chi connectivity index (χ1v) is 7.48. The molecule has 4 heteroatoms. The van der Waals surface area contributed by atoms with Crippen LogP contribution in [0.2, 0.25) is 0 Å². The van der Waals surface area contributed by atoms with Crippen molar-refractivity contribution in [2.24, 2.45) is 10.9 Å². The molecule has 20 heavy (non-hydrogen) atoms. The molecule has 4 nitrogen and oxygen atoms in total. The third-order valence-electron chi connectivity index (χ3n) is 4.12. The molecule has 0 amide bonds. The topological polar surface area (TPSA) is 43.4 Å². The number of aliphatic imine (C=N–C) groups is 1. The van der Waals surface area contributed by atoms with E-state index in [1.807, 2.05) is 19.5 Å². The second-order valence-electron chi connectivity index (χ2n) is 5.57. The monoisotopic (exact) mass is 274 g/mol. The molecule has 0 bridgehead atoms. The van der Waals surface area contributed by atoms with Gasteiger partial charge in [0.2, 0.25) is 0 Å². The summed E-state index contributed by atoms with van der Waals surface area (Å²) in [4.78, 5) is 10.1. The zero-order chi connectivity index (χ0) is 14.5. The largest absolute Gasteiger partial charge is 0.370 e. The minimum atomic E-state index is 0.500. The lowest BCUT2D eigenvalue weighted by atomic mass is 10.1. The molecule has 0 radical (unpaired) electrons. The third-order valence-corrected chi connectivity index (χ3v) is 4.12. The molecule has 110 valence electrons. The van der Waals surface area contributed by atoms with E-state index in [0.29, 0.717) is 12.0 Å². The Bertz CT molecular complexity index is 475. The molecule has 0 spiro atoms. The van der Waals surface area contributed by atoms with Gasteiger partial charge in [-0.3, -0.25) is 0 Å². The number of likely N-dealkylation sites (N-methyl/N-ethyl adjacent to an activating group) is 1. The van der Waals surface area contributed by atoms with E-state index < -0.39 is 0 Å². The van der Waals surface area contributed by atoms with Gasteiger partial charge in [-0.05, 0) is 31.9 Å². The average molecular weight is 274 g/mol. The van der Waals surface area contributed by atoms with Crippen LogP contribution in [-0.4, -0.2) is 42.3 Å². The number of likely N-dealkylation sites (tertiary alicyclic amines) is 1. The Morgan fingerprint density at radius 2 is 2.50 bits per heavy atom. The molecule has 2 N–H and O–H groups in total. The Morgan fingerprint density at radius 3 is 3.15 bits per heavy atom. The number of rotatable bonds is 6. The fourth-order valence-electron chi connectivity index (χ4n) is 2.42. The minimum Gasteiger partial charge on any atom is -0.370 e. The Hall–Kier alpha value is -1.55. The van der Waals surface area contributed by atoms with E-state index >= 15 is 0 Å². The van der Waals surface area contributed by atoms with Crippen LogP contribution in [0.25, 0.3) is 5.70 Å². The lowest BCUT2D eigenvalue weighted by Gasteiger charge is -2.21. The molecule has 2 rings (SSSR count). The summed E-state index contributed by atoms with van der Waals surface area (Å²) in [6, 6.07) is 2.64. The van der Waals surface area contributed by atoms with E-state index in [9.17, 15) is 0 Å². The number of hydrogen-bond acceptors (Lipinski definition) is 3. The summed E-state index contributed by atoms with van der Waals surface area (Å²) in [5, 5.41) is 3.34. The van der Waals surface area contributed by atoms with Crippen LogP contribution in [0.4, 0.5) is 5.82 Å². The molecule has 0 aliphatic carbocycles. The van der Waals surface area contributed by atoms with Crippen LogP contribution in [0.5, 0.6) is 0 Å². The number of aromatic nitrogens is 1. The molecule has 1 aromatic heterocycles. The third kappa shape index (κ3) is 3.31. The van der Waals surface area contributed by atoms with Gasteiger partial charge >= 0.3 is 0 Å². The first kappa shape index (κ1) is 14.9. The number of H-pyrrole nitrogens is 1. The second-order valence-corrected chi connectivity index (χ2v) is 5.57. The highest BCUT2D eigenvalue weighted by atomic mass is 15.2. The minimum absolute atomic E-state index is 0.500. The van der Waals surface area contributed by atoms with Crippen molar-refractivity contribution in [2.75, 3.05) is 20.1 Å². The molecule has 2 atom stereocenters. The summed E-state index contributed by atoms with van der Waals surface area (Å²) in [5.41, 5.74) is 2.18. The molecule has 0 saturated carbocycles. The van der Waals surface area contributed by atoms with Gasteiger partial charge in [0.05, 0.1) is 0 Å². The molecule has 1 saturated heterocycles. The van der Waals surface area contributed by atoms with Crippen LogP contribution in [0, 0.1) is 5.92 Å². The van der Waals surface area contributed by atoms with E-state index in [2.05, 4.69) is 46.7 Å². The summed E-state index contributed by atoms with van der Waals surface area (Å²) in [6.07, 6.45) is 6.24. The van der Waals surface area contributed by atoms with Crippen molar-refractivity contribution in [3.05, 3.63) is 24.4 Å². The van der Waals surface area contributed by atoms with E-state index in [-0.39, 0.29) is 0 Å². The van der Waals surface area contributed by atoms with Crippen LogP contribution >= 0.6 is 0 Å². The first-order chi connectivity index (χ1) is 9.65. The average Bonchev–Trinajstić information content (AvgIpc) is 3.12. The van der Waals surface area contributed by atoms with Crippen LogP contribution in [0.3, 0.4) is 0 Å². The Balaban J connectivity index is 2.08. The second kappa shape index (κ2) is 6.75. The van der Waals surface area contributed by atoms with Crippen LogP contribution in [0.1, 0.15) is 32.3 Å². The van der Waals surface area contributed by atoms with Gasteiger partial charge in [-0.15, -0.1) is 0 Å². The quantitative estimate of drug-likeness (QED) is 0.783. The van der Waals surface area contributed by atoms with Gasteiger partial charge in [-0.2, -0.15) is 0 Å². The van der Waals surface area contributed by atoms with E-state index in [0.717, 1.165) is 36.6 Å². The zero-order valence-electron chi connectivity index (χ0n) is 12.8. The van der Waals surface area contributed by atoms with E-state index in [4.69, 9.17) is 0 Å². The maximum atomic E-state index is 4.58. The van der Waals surface area contributed by atoms with Crippen molar-refractivity contribution in [1.82, 2.24) is 15.2 Å². The maximum absolute atomic E-state index is 4.58. The fourth-order valence-corrected chi connectivity index (χ4v) is 2.42. The van der Waals surface area contributed by atoms with Crippen molar-refractivity contribution >= 4 is 17.7 Å². The highest BCUT2D eigenvalue weighted by molar-refractivity contribution is 5.74. The lowest BCUT2D eigenvalue weighted by molar-refractivity contribution is 0.472. The van der Waals surface area contributed by atoms with Crippen molar-refractivity contribution < 1.29 is 0 Å². The van der Waals surface area contributed by atoms with Gasteiger partial charge in [0.25, 0.3) is 0 Å². The summed E-state index contributed by atoms with van der Waals surface area (Å²) >= 11 is 0. The molecule has 2 heterocycles. The summed E-state index contributed by atoms with van der Waals surface area (Å²) < 4.78 is 0. The van der Waals surface area contributed by atoms with Crippen LogP contribution in [0.15, 0.2) is 23.8 Å². The highest BCUT2D eigenvalue weighted by Gasteiger charge is 2.23. The Morgan fingerprint density at radius 1 is 1.70 bits per heavy atom. The molecule has 1 aromatic rings. The van der Waals surface area contributed by atoms with Gasteiger partial charge < -0.3 is 15.2 Å². The first-order valence-electron chi connectivity index (χ1n) is 7.48. The summed E-state index contributed by atoms with van der Waals surface area (Å²) in [5.74, 6) is 1.42. The van der Waals surface area contributed by atoms with Gasteiger partial charge in [0.15, 0.2) is 0 Å². The van der Waals surface area contributed by atoms with Gasteiger partial charge in [-0.25, -0.2) is 4.99 Å². The Labute approximate surface area is 122 Å². The maximum Gasteiger partial charge on any atom is 0.138 e. The zero-order valence-corrected chi connectivity index (χ0v) is 12.8. The standard InChI is InChI=1S/C16H26N4/c1-5-12(2)10-19-16-15(6-8-18-16)13(3)20-9-7-14(11-20)17-4/h6,8,10,12,14,17-18H,3,5,7,9,11H2,1-2,4H3. The smallest absolute Gasteiger partial charge is 0.138 e.